The highest BCUT2D eigenvalue weighted by atomic mass is 16.6. The molecule has 3 rings (SSSR count). The number of nitrogens with one attached hydrogen (secondary N) is 2. The van der Waals surface area contributed by atoms with Gasteiger partial charge >= 0.3 is 0 Å². The summed E-state index contributed by atoms with van der Waals surface area (Å²) in [5.41, 5.74) is 1.35. The molecule has 5 heteroatoms. The van der Waals surface area contributed by atoms with E-state index in [4.69, 9.17) is 9.47 Å². The summed E-state index contributed by atoms with van der Waals surface area (Å²) in [6.07, 6.45) is 1.58. The first-order valence-corrected chi connectivity index (χ1v) is 10.2. The SMILES string of the molecule is C[C@H](CCc1ccccc1)NC[C@H](O)CN[C@@H](C)[C@@H]1COc2ccccc2O1. The Morgan fingerprint density at radius 3 is 2.43 bits per heavy atom. The third-order valence-electron chi connectivity index (χ3n) is 5.17. The van der Waals surface area contributed by atoms with Crippen LogP contribution in [0.15, 0.2) is 54.6 Å². The molecular weight excluding hydrogens is 352 g/mol. The van der Waals surface area contributed by atoms with Gasteiger partial charge in [0.2, 0.25) is 0 Å². The lowest BCUT2D eigenvalue weighted by Gasteiger charge is -2.31. The highest BCUT2D eigenvalue weighted by Crippen LogP contribution is 2.31. The van der Waals surface area contributed by atoms with Gasteiger partial charge in [-0.3, -0.25) is 0 Å². The van der Waals surface area contributed by atoms with Gasteiger partial charge in [-0.25, -0.2) is 0 Å². The molecule has 3 N–H and O–H groups in total. The maximum Gasteiger partial charge on any atom is 0.161 e. The van der Waals surface area contributed by atoms with Gasteiger partial charge in [-0.15, -0.1) is 0 Å². The summed E-state index contributed by atoms with van der Waals surface area (Å²) in [4.78, 5) is 0. The Hall–Kier alpha value is -2.08. The highest BCUT2D eigenvalue weighted by Gasteiger charge is 2.26. The molecule has 0 aromatic heterocycles. The van der Waals surface area contributed by atoms with Crippen LogP contribution in [0.2, 0.25) is 0 Å². The molecule has 4 atom stereocenters. The summed E-state index contributed by atoms with van der Waals surface area (Å²) in [5, 5.41) is 17.1. The summed E-state index contributed by atoms with van der Waals surface area (Å²) >= 11 is 0. The summed E-state index contributed by atoms with van der Waals surface area (Å²) in [6, 6.07) is 18.7. The van der Waals surface area contributed by atoms with Crippen molar-refractivity contribution in [3.05, 3.63) is 60.2 Å². The van der Waals surface area contributed by atoms with Crippen LogP contribution in [0.4, 0.5) is 0 Å². The van der Waals surface area contributed by atoms with Gasteiger partial charge in [0, 0.05) is 25.2 Å². The normalized spacial score (nSPS) is 19.0. The van der Waals surface area contributed by atoms with E-state index >= 15 is 0 Å². The first kappa shape index (κ1) is 20.6. The number of hydrogen-bond acceptors (Lipinski definition) is 5. The van der Waals surface area contributed by atoms with E-state index in [2.05, 4.69) is 48.7 Å². The minimum Gasteiger partial charge on any atom is -0.486 e. The second kappa shape index (κ2) is 10.5. The zero-order valence-electron chi connectivity index (χ0n) is 16.8. The van der Waals surface area contributed by atoms with Crippen molar-refractivity contribution in [3.8, 4) is 11.5 Å². The van der Waals surface area contributed by atoms with Crippen LogP contribution in [0, 0.1) is 0 Å². The van der Waals surface area contributed by atoms with Crippen molar-refractivity contribution in [2.45, 2.75) is 51.0 Å². The number of ether oxygens (including phenoxy) is 2. The summed E-state index contributed by atoms with van der Waals surface area (Å²) in [6.45, 7) is 5.82. The van der Waals surface area contributed by atoms with Crippen molar-refractivity contribution >= 4 is 0 Å². The monoisotopic (exact) mass is 384 g/mol. The van der Waals surface area contributed by atoms with Gasteiger partial charge in [0.15, 0.2) is 11.5 Å². The molecule has 1 aliphatic heterocycles. The Morgan fingerprint density at radius 2 is 1.64 bits per heavy atom. The molecule has 0 unspecified atom stereocenters. The second-order valence-electron chi connectivity index (χ2n) is 7.60. The molecule has 0 bridgehead atoms. The topological polar surface area (TPSA) is 62.8 Å². The van der Waals surface area contributed by atoms with E-state index in [9.17, 15) is 5.11 Å². The molecule has 0 aliphatic carbocycles. The molecule has 0 spiro atoms. The number of para-hydroxylation sites is 2. The Bertz CT molecular complexity index is 710. The predicted octanol–water partition coefficient (Wildman–Crippen LogP) is 2.78. The third-order valence-corrected chi connectivity index (χ3v) is 5.17. The number of aliphatic hydroxyl groups excluding tert-OH is 1. The van der Waals surface area contributed by atoms with Gasteiger partial charge in [0.1, 0.15) is 12.7 Å². The van der Waals surface area contributed by atoms with Crippen molar-refractivity contribution in [3.63, 3.8) is 0 Å². The van der Waals surface area contributed by atoms with Crippen LogP contribution < -0.4 is 20.1 Å². The van der Waals surface area contributed by atoms with E-state index in [-0.39, 0.29) is 12.1 Å². The smallest absolute Gasteiger partial charge is 0.161 e. The fourth-order valence-electron chi connectivity index (χ4n) is 3.27. The minimum atomic E-state index is -0.446. The molecule has 2 aromatic rings. The van der Waals surface area contributed by atoms with E-state index in [1.165, 1.54) is 5.56 Å². The lowest BCUT2D eigenvalue weighted by atomic mass is 10.1. The van der Waals surface area contributed by atoms with Crippen LogP contribution in [-0.4, -0.2) is 49.1 Å². The molecule has 0 amide bonds. The highest BCUT2D eigenvalue weighted by molar-refractivity contribution is 5.40. The Kier molecular flexibility index (Phi) is 7.71. The van der Waals surface area contributed by atoms with E-state index in [1.807, 2.05) is 30.3 Å². The molecule has 0 radical (unpaired) electrons. The fourth-order valence-corrected chi connectivity index (χ4v) is 3.27. The van der Waals surface area contributed by atoms with E-state index in [0.717, 1.165) is 24.3 Å². The Morgan fingerprint density at radius 1 is 0.964 bits per heavy atom. The lowest BCUT2D eigenvalue weighted by molar-refractivity contribution is 0.0611. The number of rotatable bonds is 10. The van der Waals surface area contributed by atoms with Crippen molar-refractivity contribution in [1.29, 1.82) is 0 Å². The fraction of sp³-hybridized carbons (Fsp3) is 0.478. The minimum absolute atomic E-state index is 0.0696. The largest absolute Gasteiger partial charge is 0.486 e. The predicted molar refractivity (Wildman–Crippen MR) is 112 cm³/mol. The molecule has 0 saturated heterocycles. The van der Waals surface area contributed by atoms with Gasteiger partial charge in [-0.05, 0) is 44.4 Å². The molecule has 2 aromatic carbocycles. The molecular formula is C23H32N2O3. The first-order valence-electron chi connectivity index (χ1n) is 10.2. The van der Waals surface area contributed by atoms with Gasteiger partial charge in [0.25, 0.3) is 0 Å². The van der Waals surface area contributed by atoms with Crippen LogP contribution >= 0.6 is 0 Å². The maximum atomic E-state index is 10.3. The lowest BCUT2D eigenvalue weighted by Crippen LogP contribution is -2.49. The van der Waals surface area contributed by atoms with E-state index in [0.29, 0.717) is 25.7 Å². The average Bonchev–Trinajstić information content (AvgIpc) is 2.75. The third kappa shape index (κ3) is 6.23. The average molecular weight is 385 g/mol. The van der Waals surface area contributed by atoms with Crippen LogP contribution in [0.5, 0.6) is 11.5 Å². The number of fused-ring (bicyclic) bond motifs is 1. The molecule has 1 heterocycles. The summed E-state index contributed by atoms with van der Waals surface area (Å²) in [7, 11) is 0. The first-order chi connectivity index (χ1) is 13.6. The number of hydrogen-bond donors (Lipinski definition) is 3. The number of aryl methyl sites for hydroxylation is 1. The van der Waals surface area contributed by atoms with Gasteiger partial charge < -0.3 is 25.2 Å². The summed E-state index contributed by atoms with van der Waals surface area (Å²) < 4.78 is 11.8. The van der Waals surface area contributed by atoms with Crippen molar-refractivity contribution in [2.24, 2.45) is 0 Å². The quantitative estimate of drug-likeness (QED) is 0.588. The van der Waals surface area contributed by atoms with Gasteiger partial charge in [-0.2, -0.15) is 0 Å². The molecule has 28 heavy (non-hydrogen) atoms. The zero-order chi connectivity index (χ0) is 19.8. The van der Waals surface area contributed by atoms with E-state index in [1.54, 1.807) is 0 Å². The van der Waals surface area contributed by atoms with Crippen molar-refractivity contribution in [2.75, 3.05) is 19.7 Å². The van der Waals surface area contributed by atoms with E-state index < -0.39 is 6.10 Å². The van der Waals surface area contributed by atoms with Crippen LogP contribution in [0.3, 0.4) is 0 Å². The molecule has 0 saturated carbocycles. The van der Waals surface area contributed by atoms with Crippen LogP contribution in [-0.2, 0) is 6.42 Å². The molecule has 0 fully saturated rings. The summed E-state index contributed by atoms with van der Waals surface area (Å²) in [5.74, 6) is 1.57. The standard InChI is InChI=1S/C23H32N2O3/c1-17(12-13-19-8-4-3-5-9-19)24-14-20(26)15-25-18(2)23-16-27-21-10-6-7-11-22(21)28-23/h3-11,17-18,20,23-26H,12-16H2,1-2H3/t17-,18+,20+,23+/m1/s1. The van der Waals surface area contributed by atoms with Crippen LogP contribution in [0.25, 0.3) is 0 Å². The van der Waals surface area contributed by atoms with Crippen LogP contribution in [0.1, 0.15) is 25.8 Å². The molecule has 1 aliphatic rings. The molecule has 152 valence electrons. The maximum absolute atomic E-state index is 10.3. The number of aliphatic hydroxyl groups is 1. The van der Waals surface area contributed by atoms with Crippen molar-refractivity contribution in [1.82, 2.24) is 10.6 Å². The van der Waals surface area contributed by atoms with Gasteiger partial charge in [0.05, 0.1) is 6.10 Å². The number of benzene rings is 2. The van der Waals surface area contributed by atoms with Gasteiger partial charge in [-0.1, -0.05) is 42.5 Å². The molecule has 5 nitrogen and oxygen atoms in total. The Balaban J connectivity index is 1.32. The second-order valence-corrected chi connectivity index (χ2v) is 7.60. The van der Waals surface area contributed by atoms with Crippen molar-refractivity contribution < 1.29 is 14.6 Å². The Labute approximate surface area is 168 Å². The zero-order valence-corrected chi connectivity index (χ0v) is 16.8.